The molecule has 19 heteroatoms. The number of carbonyl (C=O) groups is 4. The second kappa shape index (κ2) is 71.0. The fraction of sp³-hybridized carbons (Fsp3) is 0.951. The molecule has 0 spiro atoms. The van der Waals surface area contributed by atoms with Gasteiger partial charge in [-0.2, -0.15) is 0 Å². The van der Waals surface area contributed by atoms with Crippen molar-refractivity contribution >= 4 is 39.5 Å². The summed E-state index contributed by atoms with van der Waals surface area (Å²) in [6.45, 7) is 14.3. The van der Waals surface area contributed by atoms with E-state index < -0.39 is 97.5 Å². The van der Waals surface area contributed by atoms with Crippen LogP contribution in [0.5, 0.6) is 0 Å². The second-order valence-corrected chi connectivity index (χ2v) is 34.1. The van der Waals surface area contributed by atoms with E-state index in [1.54, 1.807) is 0 Å². The molecule has 0 radical (unpaired) electrons. The van der Waals surface area contributed by atoms with Crippen LogP contribution in [0.25, 0.3) is 0 Å². The van der Waals surface area contributed by atoms with Crippen LogP contribution in [0.3, 0.4) is 0 Å². The number of rotatable bonds is 79. The highest BCUT2D eigenvalue weighted by Crippen LogP contribution is 2.45. The van der Waals surface area contributed by atoms with Gasteiger partial charge in [-0.1, -0.05) is 370 Å². The van der Waals surface area contributed by atoms with Crippen LogP contribution in [-0.4, -0.2) is 96.7 Å². The van der Waals surface area contributed by atoms with Crippen LogP contribution in [0, 0.1) is 23.7 Å². The fourth-order valence-electron chi connectivity index (χ4n) is 12.6. The van der Waals surface area contributed by atoms with Gasteiger partial charge in [0.15, 0.2) is 12.2 Å². The molecular weight excluding hydrogens is 1320 g/mol. The lowest BCUT2D eigenvalue weighted by Gasteiger charge is -2.21. The number of aliphatic hydroxyl groups excluding tert-OH is 1. The normalized spacial score (nSPS) is 14.3. The standard InChI is InChI=1S/C82H160O17P2/c1-9-75(8)61-53-45-40-41-47-55-63-80(85)93-69-78(99-82(87)65-57-49-39-33-27-21-15-12-18-24-30-36-44-52-60-74(6)7)71-97-101(90,91)95-67-76(83)66-94-100(88,89)96-70-77(98-81(86)64-56-48-38-32-26-20-14-11-17-23-29-35-43-51-59-73(4)5)68-92-79(84)62-54-46-37-31-25-19-13-10-16-22-28-34-42-50-58-72(2)3/h72-78,83H,9-71H2,1-8H3,(H,88,89)(H,90,91)/t75?,76-,77-,78-/m1/s1. The minimum atomic E-state index is -4.96. The van der Waals surface area contributed by atoms with Crippen molar-refractivity contribution in [3.8, 4) is 0 Å². The molecule has 0 aromatic rings. The van der Waals surface area contributed by atoms with Gasteiger partial charge in [-0.05, 0) is 49.4 Å². The van der Waals surface area contributed by atoms with Gasteiger partial charge in [0.2, 0.25) is 0 Å². The van der Waals surface area contributed by atoms with Crippen molar-refractivity contribution in [2.24, 2.45) is 23.7 Å². The maximum absolute atomic E-state index is 13.1. The van der Waals surface area contributed by atoms with Crippen LogP contribution in [0.2, 0.25) is 0 Å². The molecule has 0 aliphatic carbocycles. The number of unbranched alkanes of at least 4 members (excludes halogenated alkanes) is 44. The summed E-state index contributed by atoms with van der Waals surface area (Å²) in [5.41, 5.74) is 0. The number of phosphoric ester groups is 2. The largest absolute Gasteiger partial charge is 0.472 e. The molecule has 0 bridgehead atoms. The van der Waals surface area contributed by atoms with Gasteiger partial charge in [0.05, 0.1) is 26.4 Å². The van der Waals surface area contributed by atoms with Gasteiger partial charge in [0.1, 0.15) is 19.3 Å². The lowest BCUT2D eigenvalue weighted by Crippen LogP contribution is -2.30. The van der Waals surface area contributed by atoms with Crippen LogP contribution in [0.1, 0.15) is 421 Å². The maximum Gasteiger partial charge on any atom is 0.472 e. The SMILES string of the molecule is CCC(C)CCCCCCCCC(=O)OC[C@H](COP(=O)(O)OC[C@H](O)COP(=O)(O)OC[C@@H](COC(=O)CCCCCCCCCCCCCCCCC(C)C)OC(=O)CCCCCCCCCCCCCCCCC(C)C)OC(=O)CCCCCCCCCCCCCCCCC(C)C. The zero-order valence-corrected chi connectivity index (χ0v) is 68.3. The fourth-order valence-corrected chi connectivity index (χ4v) is 14.2. The summed E-state index contributed by atoms with van der Waals surface area (Å²) in [6.07, 6.45) is 58.2. The zero-order valence-electron chi connectivity index (χ0n) is 66.5. The van der Waals surface area contributed by atoms with Gasteiger partial charge in [0, 0.05) is 25.7 Å². The predicted molar refractivity (Wildman–Crippen MR) is 414 cm³/mol. The number of hydrogen-bond acceptors (Lipinski definition) is 15. The Morgan fingerprint density at radius 2 is 0.475 bits per heavy atom. The zero-order chi connectivity index (χ0) is 74.6. The van der Waals surface area contributed by atoms with Crippen molar-refractivity contribution in [1.29, 1.82) is 0 Å². The molecule has 0 heterocycles. The Kier molecular flexibility index (Phi) is 69.6. The summed E-state index contributed by atoms with van der Waals surface area (Å²) in [4.78, 5) is 73.1. The minimum Gasteiger partial charge on any atom is -0.462 e. The molecule has 0 rings (SSSR count). The van der Waals surface area contributed by atoms with Gasteiger partial charge < -0.3 is 33.8 Å². The first kappa shape index (κ1) is 99.1. The van der Waals surface area contributed by atoms with Crippen LogP contribution in [0.15, 0.2) is 0 Å². The molecule has 3 unspecified atom stereocenters. The van der Waals surface area contributed by atoms with Crippen molar-refractivity contribution in [2.45, 2.75) is 440 Å². The number of aliphatic hydroxyl groups is 1. The summed E-state index contributed by atoms with van der Waals surface area (Å²) in [5.74, 6) is 1.01. The molecule has 0 aromatic heterocycles. The van der Waals surface area contributed by atoms with E-state index in [4.69, 9.17) is 37.0 Å². The van der Waals surface area contributed by atoms with Crippen LogP contribution in [0.4, 0.5) is 0 Å². The molecule has 0 aliphatic rings. The maximum atomic E-state index is 13.1. The van der Waals surface area contributed by atoms with E-state index in [-0.39, 0.29) is 25.7 Å². The molecule has 0 aliphatic heterocycles. The molecule has 101 heavy (non-hydrogen) atoms. The molecule has 0 fully saturated rings. The predicted octanol–water partition coefficient (Wildman–Crippen LogP) is 24.4. The lowest BCUT2D eigenvalue weighted by atomic mass is 10.00. The Morgan fingerprint density at radius 1 is 0.277 bits per heavy atom. The van der Waals surface area contributed by atoms with Crippen molar-refractivity contribution < 1.29 is 80.2 Å². The van der Waals surface area contributed by atoms with E-state index >= 15 is 0 Å². The molecule has 0 aromatic carbocycles. The molecule has 17 nitrogen and oxygen atoms in total. The van der Waals surface area contributed by atoms with Gasteiger partial charge in [-0.15, -0.1) is 0 Å². The smallest absolute Gasteiger partial charge is 0.462 e. The Morgan fingerprint density at radius 3 is 0.703 bits per heavy atom. The number of carbonyl (C=O) groups excluding carboxylic acids is 4. The minimum absolute atomic E-state index is 0.106. The van der Waals surface area contributed by atoms with Gasteiger partial charge >= 0.3 is 39.5 Å². The Labute approximate surface area is 619 Å². The topological polar surface area (TPSA) is 237 Å². The molecule has 6 atom stereocenters. The van der Waals surface area contributed by atoms with Gasteiger partial charge in [-0.25, -0.2) is 9.13 Å². The third kappa shape index (κ3) is 74.7. The van der Waals surface area contributed by atoms with Crippen molar-refractivity contribution in [1.82, 2.24) is 0 Å². The second-order valence-electron chi connectivity index (χ2n) is 31.2. The molecule has 0 saturated heterocycles. The Hall–Kier alpha value is -1.94. The summed E-state index contributed by atoms with van der Waals surface area (Å²) in [6, 6.07) is 0. The van der Waals surface area contributed by atoms with E-state index in [2.05, 4.69) is 55.4 Å². The molecular formula is C82H160O17P2. The Bertz CT molecular complexity index is 1970. The van der Waals surface area contributed by atoms with E-state index in [0.717, 1.165) is 120 Å². The molecule has 0 amide bonds. The van der Waals surface area contributed by atoms with E-state index in [0.29, 0.717) is 25.7 Å². The number of hydrogen-bond donors (Lipinski definition) is 3. The summed E-state index contributed by atoms with van der Waals surface area (Å²) in [7, 11) is -9.92. The Balaban J connectivity index is 5.25. The van der Waals surface area contributed by atoms with Crippen LogP contribution < -0.4 is 0 Å². The highest BCUT2D eigenvalue weighted by molar-refractivity contribution is 7.47. The molecule has 3 N–H and O–H groups in total. The van der Waals surface area contributed by atoms with Crippen molar-refractivity contribution in [3.05, 3.63) is 0 Å². The lowest BCUT2D eigenvalue weighted by molar-refractivity contribution is -0.161. The third-order valence-electron chi connectivity index (χ3n) is 19.4. The summed E-state index contributed by atoms with van der Waals surface area (Å²) < 4.78 is 68.8. The average molecular weight is 1480 g/mol. The highest BCUT2D eigenvalue weighted by Gasteiger charge is 2.30. The van der Waals surface area contributed by atoms with Gasteiger partial charge in [0.25, 0.3) is 0 Å². The summed E-state index contributed by atoms with van der Waals surface area (Å²) >= 11 is 0. The number of ether oxygens (including phenoxy) is 4. The van der Waals surface area contributed by atoms with E-state index in [9.17, 15) is 43.2 Å². The monoisotopic (exact) mass is 1480 g/mol. The number of esters is 4. The third-order valence-corrected chi connectivity index (χ3v) is 21.3. The van der Waals surface area contributed by atoms with Gasteiger partial charge in [-0.3, -0.25) is 37.3 Å². The van der Waals surface area contributed by atoms with E-state index in [1.807, 2.05) is 0 Å². The van der Waals surface area contributed by atoms with Crippen LogP contribution in [-0.2, 0) is 65.4 Å². The quantitative estimate of drug-likeness (QED) is 0.0222. The summed E-state index contributed by atoms with van der Waals surface area (Å²) in [5, 5.41) is 10.7. The highest BCUT2D eigenvalue weighted by atomic mass is 31.2. The molecule has 600 valence electrons. The first-order chi connectivity index (χ1) is 48.6. The first-order valence-electron chi connectivity index (χ1n) is 42.2. The average Bonchev–Trinajstić information content (AvgIpc) is 0.963. The van der Waals surface area contributed by atoms with Crippen molar-refractivity contribution in [3.63, 3.8) is 0 Å². The number of phosphoric acid groups is 2. The first-order valence-corrected chi connectivity index (χ1v) is 45.2. The van der Waals surface area contributed by atoms with E-state index in [1.165, 1.54) is 218 Å². The van der Waals surface area contributed by atoms with Crippen molar-refractivity contribution in [2.75, 3.05) is 39.6 Å². The molecule has 0 saturated carbocycles. The van der Waals surface area contributed by atoms with Crippen LogP contribution >= 0.6 is 15.6 Å².